The Labute approximate surface area is 112 Å². The lowest BCUT2D eigenvalue weighted by molar-refractivity contribution is 0.104. The number of carbonyl (C=O) groups excluding carboxylic acids is 1. The number of ether oxygens (including phenoxy) is 1. The predicted molar refractivity (Wildman–Crippen MR) is 72.7 cm³/mol. The molecule has 0 saturated heterocycles. The van der Waals surface area contributed by atoms with Crippen LogP contribution in [0.25, 0.3) is 0 Å². The topological polar surface area (TPSA) is 26.3 Å². The zero-order chi connectivity index (χ0) is 12.3. The predicted octanol–water partition coefficient (Wildman–Crippen LogP) is 4.26. The highest BCUT2D eigenvalue weighted by Gasteiger charge is 2.13. The minimum Gasteiger partial charge on any atom is -0.466 e. The minimum atomic E-state index is 0.0111. The van der Waals surface area contributed by atoms with Crippen LogP contribution in [-0.4, -0.2) is 5.78 Å². The average Bonchev–Trinajstić information content (AvgIpc) is 2.76. The highest BCUT2D eigenvalue weighted by molar-refractivity contribution is 9.10. The zero-order valence-corrected chi connectivity index (χ0v) is 11.3. The van der Waals surface area contributed by atoms with E-state index in [1.807, 2.05) is 11.4 Å². The van der Waals surface area contributed by atoms with E-state index < -0.39 is 0 Å². The van der Waals surface area contributed by atoms with Gasteiger partial charge in [0.2, 0.25) is 5.78 Å². The first-order chi connectivity index (χ1) is 8.22. The van der Waals surface area contributed by atoms with Crippen LogP contribution in [0, 0.1) is 0 Å². The molecule has 4 heteroatoms. The molecule has 1 heterocycles. The Morgan fingerprint density at radius 3 is 2.53 bits per heavy atom. The largest absolute Gasteiger partial charge is 0.466 e. The maximum absolute atomic E-state index is 12.1. The van der Waals surface area contributed by atoms with Crippen molar-refractivity contribution in [1.29, 1.82) is 0 Å². The number of hydrogen-bond donors (Lipinski definition) is 0. The summed E-state index contributed by atoms with van der Waals surface area (Å²) in [6.07, 6.45) is 1.35. The van der Waals surface area contributed by atoms with Crippen LogP contribution in [0.4, 0.5) is 0 Å². The first kappa shape index (κ1) is 12.1. The van der Waals surface area contributed by atoms with E-state index in [0.29, 0.717) is 16.2 Å². The van der Waals surface area contributed by atoms with Crippen LogP contribution in [0.3, 0.4) is 0 Å². The van der Waals surface area contributed by atoms with Crippen molar-refractivity contribution in [2.24, 2.45) is 0 Å². The second kappa shape index (κ2) is 5.29. The van der Waals surface area contributed by atoms with Gasteiger partial charge in [0.05, 0.1) is 11.1 Å². The van der Waals surface area contributed by atoms with E-state index in [4.69, 9.17) is 4.74 Å². The van der Waals surface area contributed by atoms with Gasteiger partial charge in [-0.25, -0.2) is 0 Å². The number of halogens is 1. The minimum absolute atomic E-state index is 0.0111. The van der Waals surface area contributed by atoms with Crippen LogP contribution >= 0.6 is 27.3 Å². The molecule has 1 aromatic heterocycles. The number of ketones is 1. The van der Waals surface area contributed by atoms with Gasteiger partial charge in [0.15, 0.2) is 0 Å². The molecule has 0 unspecified atom stereocenters. The van der Waals surface area contributed by atoms with Crippen molar-refractivity contribution >= 4 is 33.0 Å². The number of hydrogen-bond acceptors (Lipinski definition) is 3. The van der Waals surface area contributed by atoms with Crippen LogP contribution in [0.2, 0.25) is 0 Å². The first-order valence-electron chi connectivity index (χ1n) is 4.87. The molecule has 0 radical (unpaired) electrons. The van der Waals surface area contributed by atoms with E-state index in [1.54, 1.807) is 24.3 Å². The molecule has 0 aliphatic heterocycles. The van der Waals surface area contributed by atoms with Crippen LogP contribution in [0.1, 0.15) is 15.2 Å². The summed E-state index contributed by atoms with van der Waals surface area (Å²) in [4.78, 5) is 12.8. The van der Waals surface area contributed by atoms with Gasteiger partial charge in [-0.15, -0.1) is 11.3 Å². The fourth-order valence-electron chi connectivity index (χ4n) is 1.37. The van der Waals surface area contributed by atoms with Gasteiger partial charge in [0.25, 0.3) is 0 Å². The molecule has 0 amide bonds. The molecule has 86 valence electrons. The summed E-state index contributed by atoms with van der Waals surface area (Å²) in [5.74, 6) is 0.679. The van der Waals surface area contributed by atoms with E-state index in [-0.39, 0.29) is 5.78 Å². The lowest BCUT2D eigenvalue weighted by Gasteiger charge is -2.02. The zero-order valence-electron chi connectivity index (χ0n) is 8.85. The Morgan fingerprint density at radius 2 is 2.00 bits per heavy atom. The van der Waals surface area contributed by atoms with E-state index >= 15 is 0 Å². The van der Waals surface area contributed by atoms with Crippen LogP contribution in [-0.2, 0) is 0 Å². The van der Waals surface area contributed by atoms with Crippen LogP contribution in [0.5, 0.6) is 5.75 Å². The standard InChI is InChI=1S/C13H9BrO2S/c1-2-16-10-5-3-9(4-6-10)12(15)13-11(14)7-8-17-13/h2-8H,1H2. The monoisotopic (exact) mass is 308 g/mol. The van der Waals surface area contributed by atoms with Gasteiger partial charge in [-0.2, -0.15) is 0 Å². The summed E-state index contributed by atoms with van der Waals surface area (Å²) in [6, 6.07) is 8.85. The van der Waals surface area contributed by atoms with E-state index in [1.165, 1.54) is 17.6 Å². The summed E-state index contributed by atoms with van der Waals surface area (Å²) in [5, 5.41) is 1.88. The third kappa shape index (κ3) is 2.65. The normalized spacial score (nSPS) is 9.94. The SMILES string of the molecule is C=COc1ccc(C(=O)c2sccc2Br)cc1. The number of benzene rings is 1. The fourth-order valence-corrected chi connectivity index (χ4v) is 2.88. The van der Waals surface area contributed by atoms with Crippen LogP contribution in [0.15, 0.2) is 53.0 Å². The number of carbonyl (C=O) groups is 1. The molecular weight excluding hydrogens is 300 g/mol. The molecule has 0 spiro atoms. The van der Waals surface area contributed by atoms with Gasteiger partial charge < -0.3 is 4.74 Å². The molecule has 0 aliphatic rings. The van der Waals surface area contributed by atoms with Gasteiger partial charge in [0.1, 0.15) is 5.75 Å². The molecule has 2 nitrogen and oxygen atoms in total. The summed E-state index contributed by atoms with van der Waals surface area (Å²) in [6.45, 7) is 3.47. The molecule has 0 atom stereocenters. The van der Waals surface area contributed by atoms with E-state index in [0.717, 1.165) is 4.47 Å². The average molecular weight is 309 g/mol. The smallest absolute Gasteiger partial charge is 0.204 e. The molecule has 1 aromatic carbocycles. The van der Waals surface area contributed by atoms with Gasteiger partial charge in [-0.3, -0.25) is 4.79 Å². The third-order valence-electron chi connectivity index (χ3n) is 2.16. The summed E-state index contributed by atoms with van der Waals surface area (Å²) in [7, 11) is 0. The Hall–Kier alpha value is -1.39. The van der Waals surface area contributed by atoms with Gasteiger partial charge >= 0.3 is 0 Å². The first-order valence-corrected chi connectivity index (χ1v) is 6.55. The molecule has 0 fully saturated rings. The maximum Gasteiger partial charge on any atom is 0.204 e. The van der Waals surface area contributed by atoms with Crippen molar-refractivity contribution in [2.45, 2.75) is 0 Å². The van der Waals surface area contributed by atoms with Crippen molar-refractivity contribution in [3.8, 4) is 5.75 Å². The molecule has 17 heavy (non-hydrogen) atoms. The van der Waals surface area contributed by atoms with Crippen molar-refractivity contribution in [3.05, 3.63) is 63.5 Å². The van der Waals surface area contributed by atoms with E-state index in [2.05, 4.69) is 22.5 Å². The lowest BCUT2D eigenvalue weighted by Crippen LogP contribution is -1.98. The Bertz CT molecular complexity index is 543. The highest BCUT2D eigenvalue weighted by atomic mass is 79.9. The molecular formula is C13H9BrO2S. The third-order valence-corrected chi connectivity index (χ3v) is 4.00. The van der Waals surface area contributed by atoms with Gasteiger partial charge in [-0.05, 0) is 51.6 Å². The number of thiophene rings is 1. The van der Waals surface area contributed by atoms with E-state index in [9.17, 15) is 4.79 Å². The summed E-state index contributed by atoms with van der Waals surface area (Å²) < 4.78 is 5.93. The molecule has 0 bridgehead atoms. The molecule has 0 aliphatic carbocycles. The maximum atomic E-state index is 12.1. The van der Waals surface area contributed by atoms with Crippen molar-refractivity contribution < 1.29 is 9.53 Å². The quantitative estimate of drug-likeness (QED) is 0.623. The van der Waals surface area contributed by atoms with Crippen molar-refractivity contribution in [2.75, 3.05) is 0 Å². The lowest BCUT2D eigenvalue weighted by atomic mass is 10.1. The summed E-state index contributed by atoms with van der Waals surface area (Å²) in [5.41, 5.74) is 0.643. The van der Waals surface area contributed by atoms with Crippen LogP contribution < -0.4 is 4.74 Å². The molecule has 2 aromatic rings. The summed E-state index contributed by atoms with van der Waals surface area (Å²) >= 11 is 4.78. The highest BCUT2D eigenvalue weighted by Crippen LogP contribution is 2.26. The Balaban J connectivity index is 2.26. The fraction of sp³-hybridized carbons (Fsp3) is 0. The second-order valence-corrected chi connectivity index (χ2v) is 5.01. The Morgan fingerprint density at radius 1 is 1.29 bits per heavy atom. The second-order valence-electron chi connectivity index (χ2n) is 3.24. The number of rotatable bonds is 4. The van der Waals surface area contributed by atoms with Gasteiger partial charge in [-0.1, -0.05) is 6.58 Å². The van der Waals surface area contributed by atoms with Gasteiger partial charge in [0, 0.05) is 10.0 Å². The van der Waals surface area contributed by atoms with Crippen molar-refractivity contribution in [1.82, 2.24) is 0 Å². The molecule has 0 N–H and O–H groups in total. The molecule has 2 rings (SSSR count). The van der Waals surface area contributed by atoms with Crippen molar-refractivity contribution in [3.63, 3.8) is 0 Å². The molecule has 0 saturated carbocycles. The Kier molecular flexibility index (Phi) is 3.76.